The van der Waals surface area contributed by atoms with Gasteiger partial charge in [-0.1, -0.05) is 57.3 Å². The minimum atomic E-state index is -0.695. The Kier molecular flexibility index (Phi) is 9.41. The van der Waals surface area contributed by atoms with Gasteiger partial charge >= 0.3 is 5.97 Å². The van der Waals surface area contributed by atoms with Crippen LogP contribution in [-0.2, 0) is 0 Å². The van der Waals surface area contributed by atoms with E-state index >= 15 is 0 Å². The van der Waals surface area contributed by atoms with E-state index in [0.717, 1.165) is 5.39 Å². The van der Waals surface area contributed by atoms with Crippen LogP contribution in [0.2, 0.25) is 10.0 Å². The van der Waals surface area contributed by atoms with Gasteiger partial charge in [0.25, 0.3) is 5.91 Å². The standard InChI is InChI=1S/C31H21Br2Cl2N3O5/c1-41-19-8-9-25-21(14-19)27(20-5-3-4-6-24(20)35)28(37-25)30(39)38-36-15-16-11-17(32)12-23(33)29(16)43-31(40)22-13-18(34)7-10-26(22)42-2/h3-15,37H,1-2H3,(H,38,39). The van der Waals surface area contributed by atoms with E-state index in [4.69, 9.17) is 37.4 Å². The summed E-state index contributed by atoms with van der Waals surface area (Å²) in [6.07, 6.45) is 1.37. The molecule has 1 amide bonds. The Bertz CT molecular complexity index is 1910. The van der Waals surface area contributed by atoms with Crippen LogP contribution >= 0.6 is 55.1 Å². The number of amides is 1. The summed E-state index contributed by atoms with van der Waals surface area (Å²) in [5.74, 6) is -0.114. The van der Waals surface area contributed by atoms with Crippen LogP contribution in [0.3, 0.4) is 0 Å². The molecule has 1 heterocycles. The molecule has 0 saturated heterocycles. The van der Waals surface area contributed by atoms with Crippen LogP contribution in [0.5, 0.6) is 17.2 Å². The van der Waals surface area contributed by atoms with Crippen molar-refractivity contribution in [2.75, 3.05) is 14.2 Å². The summed E-state index contributed by atoms with van der Waals surface area (Å²) < 4.78 is 17.6. The Labute approximate surface area is 273 Å². The molecule has 0 bridgehead atoms. The second-order valence-electron chi connectivity index (χ2n) is 9.01. The molecule has 0 spiro atoms. The summed E-state index contributed by atoms with van der Waals surface area (Å²) in [4.78, 5) is 29.8. The fourth-order valence-electron chi connectivity index (χ4n) is 4.40. The summed E-state index contributed by atoms with van der Waals surface area (Å²) in [5, 5.41) is 5.75. The fraction of sp³-hybridized carbons (Fsp3) is 0.0645. The maximum Gasteiger partial charge on any atom is 0.347 e. The zero-order valence-electron chi connectivity index (χ0n) is 22.5. The number of aromatic amines is 1. The number of hydrogen-bond donors (Lipinski definition) is 2. The minimum Gasteiger partial charge on any atom is -0.497 e. The lowest BCUT2D eigenvalue weighted by atomic mass is 10.0. The Morgan fingerprint density at radius 2 is 1.74 bits per heavy atom. The number of nitrogens with one attached hydrogen (secondary N) is 2. The molecule has 5 aromatic rings. The molecule has 0 fully saturated rings. The highest BCUT2D eigenvalue weighted by Gasteiger charge is 2.22. The third-order valence-electron chi connectivity index (χ3n) is 6.36. The number of benzene rings is 4. The number of H-pyrrole nitrogens is 1. The third kappa shape index (κ3) is 6.57. The van der Waals surface area contributed by atoms with E-state index < -0.39 is 11.9 Å². The van der Waals surface area contributed by atoms with Crippen LogP contribution in [0.4, 0.5) is 0 Å². The Morgan fingerprint density at radius 1 is 0.953 bits per heavy atom. The van der Waals surface area contributed by atoms with Crippen molar-refractivity contribution in [3.05, 3.63) is 109 Å². The predicted octanol–water partition coefficient (Wildman–Crippen LogP) is 8.67. The van der Waals surface area contributed by atoms with E-state index in [9.17, 15) is 9.59 Å². The lowest BCUT2D eigenvalue weighted by Crippen LogP contribution is -2.19. The number of methoxy groups -OCH3 is 2. The van der Waals surface area contributed by atoms with Gasteiger partial charge in [0, 0.05) is 42.1 Å². The highest BCUT2D eigenvalue weighted by molar-refractivity contribution is 9.11. The molecule has 5 rings (SSSR count). The fourth-order valence-corrected chi connectivity index (χ4v) is 6.14. The molecule has 0 aliphatic carbocycles. The van der Waals surface area contributed by atoms with Crippen molar-refractivity contribution in [3.63, 3.8) is 0 Å². The normalized spacial score (nSPS) is 11.1. The van der Waals surface area contributed by atoms with Gasteiger partial charge in [0.2, 0.25) is 0 Å². The second-order valence-corrected chi connectivity index (χ2v) is 11.6. The monoisotopic (exact) mass is 743 g/mol. The largest absolute Gasteiger partial charge is 0.497 e. The van der Waals surface area contributed by atoms with E-state index in [1.165, 1.54) is 19.4 Å². The van der Waals surface area contributed by atoms with E-state index in [1.54, 1.807) is 43.5 Å². The van der Waals surface area contributed by atoms with E-state index in [0.29, 0.717) is 52.7 Å². The maximum atomic E-state index is 13.5. The zero-order valence-corrected chi connectivity index (χ0v) is 27.2. The highest BCUT2D eigenvalue weighted by atomic mass is 79.9. The number of halogens is 4. The van der Waals surface area contributed by atoms with Crippen molar-refractivity contribution in [2.24, 2.45) is 5.10 Å². The Balaban J connectivity index is 1.47. The first-order valence-electron chi connectivity index (χ1n) is 12.5. The van der Waals surface area contributed by atoms with Crippen LogP contribution < -0.4 is 19.6 Å². The van der Waals surface area contributed by atoms with Crippen LogP contribution in [0, 0.1) is 0 Å². The lowest BCUT2D eigenvalue weighted by molar-refractivity contribution is 0.0729. The first-order chi connectivity index (χ1) is 20.7. The number of rotatable bonds is 8. The molecular weight excluding hydrogens is 725 g/mol. The van der Waals surface area contributed by atoms with E-state index in [-0.39, 0.29) is 17.0 Å². The quantitative estimate of drug-likeness (QED) is 0.0717. The molecule has 0 aliphatic rings. The van der Waals surface area contributed by atoms with Crippen molar-refractivity contribution >= 4 is 84.1 Å². The topological polar surface area (TPSA) is 102 Å². The van der Waals surface area contributed by atoms with Crippen molar-refractivity contribution in [3.8, 4) is 28.4 Å². The third-order valence-corrected chi connectivity index (χ3v) is 7.97. The molecule has 43 heavy (non-hydrogen) atoms. The van der Waals surface area contributed by atoms with Gasteiger partial charge in [0.1, 0.15) is 22.8 Å². The minimum absolute atomic E-state index is 0.142. The molecule has 0 radical (unpaired) electrons. The number of ether oxygens (including phenoxy) is 3. The second kappa shape index (κ2) is 13.2. The molecule has 218 valence electrons. The number of carbonyl (C=O) groups excluding carboxylic acids is 2. The van der Waals surface area contributed by atoms with Crippen LogP contribution in [-0.4, -0.2) is 37.3 Å². The number of fused-ring (bicyclic) bond motifs is 1. The van der Waals surface area contributed by atoms with Crippen molar-refractivity contribution in [1.82, 2.24) is 10.4 Å². The smallest absolute Gasteiger partial charge is 0.347 e. The molecule has 0 unspecified atom stereocenters. The van der Waals surface area contributed by atoms with Gasteiger partial charge < -0.3 is 19.2 Å². The number of esters is 1. The maximum absolute atomic E-state index is 13.5. The number of carbonyl (C=O) groups is 2. The van der Waals surface area contributed by atoms with Crippen LogP contribution in [0.25, 0.3) is 22.0 Å². The van der Waals surface area contributed by atoms with E-state index in [2.05, 4.69) is 47.4 Å². The average molecular weight is 746 g/mol. The van der Waals surface area contributed by atoms with Gasteiger partial charge in [-0.3, -0.25) is 4.79 Å². The molecule has 0 aliphatic heterocycles. The van der Waals surface area contributed by atoms with Crippen LogP contribution in [0.15, 0.2) is 86.8 Å². The van der Waals surface area contributed by atoms with E-state index in [1.807, 2.05) is 30.3 Å². The van der Waals surface area contributed by atoms with Gasteiger partial charge in [0.15, 0.2) is 5.75 Å². The Hall–Kier alpha value is -3.83. The number of hydrazone groups is 1. The molecular formula is C31H21Br2Cl2N3O5. The first-order valence-corrected chi connectivity index (χ1v) is 14.9. The van der Waals surface area contributed by atoms with Crippen LogP contribution in [0.1, 0.15) is 26.4 Å². The summed E-state index contributed by atoms with van der Waals surface area (Å²) in [5.41, 5.74) is 5.33. The van der Waals surface area contributed by atoms with Gasteiger partial charge in [0.05, 0.1) is 24.9 Å². The summed E-state index contributed by atoms with van der Waals surface area (Å²) in [6, 6.07) is 20.7. The number of hydrogen-bond acceptors (Lipinski definition) is 6. The highest BCUT2D eigenvalue weighted by Crippen LogP contribution is 2.38. The van der Waals surface area contributed by atoms with Gasteiger partial charge in [-0.2, -0.15) is 5.10 Å². The molecule has 0 saturated carbocycles. The molecule has 12 heteroatoms. The molecule has 1 aromatic heterocycles. The van der Waals surface area contributed by atoms with Gasteiger partial charge in [-0.05, 0) is 70.5 Å². The predicted molar refractivity (Wildman–Crippen MR) is 175 cm³/mol. The molecule has 4 aromatic carbocycles. The summed E-state index contributed by atoms with van der Waals surface area (Å²) in [7, 11) is 3.01. The van der Waals surface area contributed by atoms with Crippen molar-refractivity contribution < 1.29 is 23.8 Å². The Morgan fingerprint density at radius 3 is 2.49 bits per heavy atom. The average Bonchev–Trinajstić information content (AvgIpc) is 3.37. The lowest BCUT2D eigenvalue weighted by Gasteiger charge is -2.12. The van der Waals surface area contributed by atoms with Gasteiger partial charge in [-0.25, -0.2) is 10.2 Å². The van der Waals surface area contributed by atoms with Crippen molar-refractivity contribution in [1.29, 1.82) is 0 Å². The molecule has 2 N–H and O–H groups in total. The first kappa shape index (κ1) is 30.6. The number of nitrogens with zero attached hydrogens (tertiary/aromatic N) is 1. The molecule has 0 atom stereocenters. The SMILES string of the molecule is COc1ccc2[nH]c(C(=O)NN=Cc3cc(Br)cc(Br)c3OC(=O)c3cc(Cl)ccc3OC)c(-c3ccccc3Cl)c2c1. The van der Waals surface area contributed by atoms with Gasteiger partial charge in [-0.15, -0.1) is 0 Å². The van der Waals surface area contributed by atoms with Crippen molar-refractivity contribution in [2.45, 2.75) is 0 Å². The number of aromatic nitrogens is 1. The molecule has 8 nitrogen and oxygen atoms in total. The zero-order chi connectivity index (χ0) is 30.7. The summed E-state index contributed by atoms with van der Waals surface area (Å²) >= 11 is 19.5. The summed E-state index contributed by atoms with van der Waals surface area (Å²) in [6.45, 7) is 0.